The molecule has 4 rings (SSSR count). The standard InChI is InChI=1S/C24H33F3N2O4S/c1-14-8-10-17(11-9-14)34(32,33)29(21(31)24(25,26)27)19(22(3,4)5)20(30)28-13-16-12-18(15(28)2)23(16,6)7/h8-11,15-16,18-19H,12-13H2,1-7H3/t15-,16?,18+,19-/m1/s1. The summed E-state index contributed by atoms with van der Waals surface area (Å²) in [4.78, 5) is 27.5. The Balaban J connectivity index is 2.13. The van der Waals surface area contributed by atoms with Gasteiger partial charge in [0.25, 0.3) is 10.0 Å². The molecule has 34 heavy (non-hydrogen) atoms. The molecular formula is C24H33F3N2O4S. The van der Waals surface area contributed by atoms with E-state index in [4.69, 9.17) is 0 Å². The molecule has 0 N–H and O–H groups in total. The molecular weight excluding hydrogens is 469 g/mol. The summed E-state index contributed by atoms with van der Waals surface area (Å²) in [5.41, 5.74) is -0.615. The maximum Gasteiger partial charge on any atom is 0.472 e. The summed E-state index contributed by atoms with van der Waals surface area (Å²) in [6.07, 6.45) is -4.58. The molecule has 0 aromatic heterocycles. The van der Waals surface area contributed by atoms with Crippen molar-refractivity contribution in [2.45, 2.75) is 78.0 Å². The van der Waals surface area contributed by atoms with Gasteiger partial charge >= 0.3 is 12.1 Å². The minimum absolute atomic E-state index is 0.0110. The van der Waals surface area contributed by atoms with Crippen molar-refractivity contribution in [1.29, 1.82) is 0 Å². The van der Waals surface area contributed by atoms with E-state index in [-0.39, 0.29) is 27.6 Å². The van der Waals surface area contributed by atoms with E-state index in [1.54, 1.807) is 6.92 Å². The van der Waals surface area contributed by atoms with Crippen molar-refractivity contribution in [1.82, 2.24) is 9.21 Å². The number of piperidine rings is 2. The molecule has 10 heteroatoms. The van der Waals surface area contributed by atoms with Gasteiger partial charge in [-0.2, -0.15) is 13.2 Å². The zero-order chi connectivity index (χ0) is 26.0. The SMILES string of the molecule is Cc1ccc(S(=O)(=O)N(C(=O)C(F)(F)F)[C@H](C(=O)N2CC3C[C@@H]([C@H]2C)C3(C)C)C(C)(C)C)cc1. The van der Waals surface area contributed by atoms with Crippen molar-refractivity contribution >= 4 is 21.8 Å². The van der Waals surface area contributed by atoms with Gasteiger partial charge in [0.15, 0.2) is 0 Å². The van der Waals surface area contributed by atoms with Gasteiger partial charge in [0, 0.05) is 12.6 Å². The number of amides is 2. The Morgan fingerprint density at radius 2 is 1.65 bits per heavy atom. The lowest BCUT2D eigenvalue weighted by Gasteiger charge is -2.63. The van der Waals surface area contributed by atoms with Crippen LogP contribution in [0.2, 0.25) is 0 Å². The third-order valence-corrected chi connectivity index (χ3v) is 9.39. The lowest BCUT2D eigenvalue weighted by atomic mass is 9.50. The van der Waals surface area contributed by atoms with Crippen LogP contribution in [0.3, 0.4) is 0 Å². The molecule has 0 radical (unpaired) electrons. The van der Waals surface area contributed by atoms with Crippen molar-refractivity contribution in [3.63, 3.8) is 0 Å². The van der Waals surface area contributed by atoms with Crippen molar-refractivity contribution in [3.8, 4) is 0 Å². The van der Waals surface area contributed by atoms with Gasteiger partial charge < -0.3 is 4.90 Å². The minimum atomic E-state index is -5.49. The topological polar surface area (TPSA) is 74.8 Å². The lowest BCUT2D eigenvalue weighted by Crippen LogP contribution is -2.69. The highest BCUT2D eigenvalue weighted by molar-refractivity contribution is 7.89. The number of carbonyl (C=O) groups is 2. The van der Waals surface area contributed by atoms with Crippen molar-refractivity contribution in [3.05, 3.63) is 29.8 Å². The molecule has 2 amide bonds. The number of aryl methyl sites for hydroxylation is 1. The van der Waals surface area contributed by atoms with Gasteiger partial charge in [-0.05, 0) is 55.1 Å². The molecule has 0 spiro atoms. The van der Waals surface area contributed by atoms with Crippen molar-refractivity contribution in [2.24, 2.45) is 22.7 Å². The molecule has 4 atom stereocenters. The van der Waals surface area contributed by atoms with Gasteiger partial charge in [0.2, 0.25) is 5.91 Å². The normalized spacial score (nSPS) is 25.4. The third kappa shape index (κ3) is 4.33. The Labute approximate surface area is 199 Å². The number of nitrogens with zero attached hydrogens (tertiary/aromatic N) is 2. The number of alkyl halides is 3. The number of halogens is 3. The molecule has 2 saturated heterocycles. The average molecular weight is 503 g/mol. The Bertz CT molecular complexity index is 1070. The van der Waals surface area contributed by atoms with E-state index in [1.807, 2.05) is 6.92 Å². The van der Waals surface area contributed by atoms with E-state index in [1.165, 1.54) is 37.8 Å². The van der Waals surface area contributed by atoms with Crippen LogP contribution in [-0.4, -0.2) is 54.2 Å². The molecule has 1 aromatic carbocycles. The minimum Gasteiger partial charge on any atom is -0.338 e. The fraction of sp³-hybridized carbons (Fsp3) is 0.667. The molecule has 3 fully saturated rings. The van der Waals surface area contributed by atoms with Crippen LogP contribution in [-0.2, 0) is 19.6 Å². The second kappa shape index (κ2) is 8.24. The van der Waals surface area contributed by atoms with E-state index in [0.717, 1.165) is 18.6 Å². The molecule has 190 valence electrons. The van der Waals surface area contributed by atoms with Crippen molar-refractivity contribution in [2.75, 3.05) is 6.54 Å². The first-order valence-electron chi connectivity index (χ1n) is 11.3. The van der Waals surface area contributed by atoms with Crippen LogP contribution in [0.25, 0.3) is 0 Å². The Morgan fingerprint density at radius 1 is 1.12 bits per heavy atom. The monoisotopic (exact) mass is 502 g/mol. The average Bonchev–Trinajstić information content (AvgIpc) is 2.69. The first-order chi connectivity index (χ1) is 15.3. The Kier molecular flexibility index (Phi) is 6.42. The van der Waals surface area contributed by atoms with E-state index < -0.39 is 44.4 Å². The van der Waals surface area contributed by atoms with E-state index >= 15 is 0 Å². The summed E-state index contributed by atoms with van der Waals surface area (Å²) in [5, 5.41) is 0. The molecule has 1 aromatic rings. The fourth-order valence-electron chi connectivity index (χ4n) is 5.39. The van der Waals surface area contributed by atoms with Gasteiger partial charge in [-0.25, -0.2) is 12.7 Å². The van der Waals surface area contributed by atoms with Crippen LogP contribution < -0.4 is 0 Å². The van der Waals surface area contributed by atoms with Crippen LogP contribution in [0, 0.1) is 29.6 Å². The van der Waals surface area contributed by atoms with Crippen LogP contribution in [0.5, 0.6) is 0 Å². The van der Waals surface area contributed by atoms with Gasteiger partial charge in [-0.15, -0.1) is 0 Å². The largest absolute Gasteiger partial charge is 0.472 e. The number of benzene rings is 1. The van der Waals surface area contributed by atoms with Gasteiger partial charge in [-0.1, -0.05) is 52.3 Å². The Morgan fingerprint density at radius 3 is 2.06 bits per heavy atom. The maximum atomic E-state index is 13.8. The molecule has 1 aliphatic carbocycles. The van der Waals surface area contributed by atoms with Gasteiger partial charge in [0.05, 0.1) is 4.90 Å². The summed E-state index contributed by atoms with van der Waals surface area (Å²) in [6.45, 7) is 12.5. The number of rotatable bonds is 4. The van der Waals surface area contributed by atoms with Crippen LogP contribution in [0.4, 0.5) is 13.2 Å². The second-order valence-electron chi connectivity index (χ2n) is 11.3. The quantitative estimate of drug-likeness (QED) is 0.612. The van der Waals surface area contributed by atoms with Crippen LogP contribution in [0.1, 0.15) is 53.5 Å². The smallest absolute Gasteiger partial charge is 0.338 e. The molecule has 1 unspecified atom stereocenters. The first-order valence-corrected chi connectivity index (χ1v) is 12.8. The number of hydrogen-bond acceptors (Lipinski definition) is 4. The molecule has 1 saturated carbocycles. The zero-order valence-corrected chi connectivity index (χ0v) is 21.4. The zero-order valence-electron chi connectivity index (χ0n) is 20.6. The highest BCUT2D eigenvalue weighted by Gasteiger charge is 2.60. The molecule has 3 aliphatic rings. The fourth-order valence-corrected chi connectivity index (χ4v) is 7.10. The summed E-state index contributed by atoms with van der Waals surface area (Å²) in [6, 6.07) is 3.00. The number of carbonyl (C=O) groups excluding carboxylic acids is 2. The highest BCUT2D eigenvalue weighted by atomic mass is 32.2. The highest BCUT2D eigenvalue weighted by Crippen LogP contribution is 2.57. The van der Waals surface area contributed by atoms with Gasteiger partial charge in [0.1, 0.15) is 6.04 Å². The van der Waals surface area contributed by atoms with E-state index in [9.17, 15) is 31.2 Å². The number of sulfonamides is 1. The van der Waals surface area contributed by atoms with Crippen LogP contribution in [0.15, 0.2) is 29.2 Å². The van der Waals surface area contributed by atoms with Gasteiger partial charge in [-0.3, -0.25) is 9.59 Å². The first kappa shape index (κ1) is 26.5. The maximum absolute atomic E-state index is 13.8. The van der Waals surface area contributed by atoms with E-state index in [2.05, 4.69) is 13.8 Å². The third-order valence-electron chi connectivity index (χ3n) is 7.63. The summed E-state index contributed by atoms with van der Waals surface area (Å²) >= 11 is 0. The predicted octanol–water partition coefficient (Wildman–Crippen LogP) is 4.38. The Hall–Kier alpha value is -2.10. The molecule has 2 aliphatic heterocycles. The van der Waals surface area contributed by atoms with Crippen molar-refractivity contribution < 1.29 is 31.2 Å². The summed E-state index contributed by atoms with van der Waals surface area (Å²) in [5.74, 6) is -3.04. The molecule has 2 bridgehead atoms. The summed E-state index contributed by atoms with van der Waals surface area (Å²) in [7, 11) is -4.99. The van der Waals surface area contributed by atoms with E-state index in [0.29, 0.717) is 12.1 Å². The molecule has 2 heterocycles. The predicted molar refractivity (Wildman–Crippen MR) is 121 cm³/mol. The lowest BCUT2D eigenvalue weighted by molar-refractivity contribution is -0.188. The second-order valence-corrected chi connectivity index (χ2v) is 13.1. The van der Waals surface area contributed by atoms with Crippen LogP contribution >= 0.6 is 0 Å². The number of fused-ring (bicyclic) bond motifs is 2. The summed E-state index contributed by atoms with van der Waals surface area (Å²) < 4.78 is 68.0. The molecule has 6 nitrogen and oxygen atoms in total. The number of hydrogen-bond donors (Lipinski definition) is 0.